The molecule has 0 atom stereocenters. The maximum absolute atomic E-state index is 12.9. The predicted octanol–water partition coefficient (Wildman–Crippen LogP) is 4.12. The van der Waals surface area contributed by atoms with E-state index in [2.05, 4.69) is 30.0 Å². The Labute approximate surface area is 196 Å². The number of hydrogen-bond acceptors (Lipinski definition) is 10. The van der Waals surface area contributed by atoms with Crippen molar-refractivity contribution in [2.75, 3.05) is 26.6 Å². The van der Waals surface area contributed by atoms with E-state index in [0.717, 1.165) is 0 Å². The van der Waals surface area contributed by atoms with Gasteiger partial charge in [-0.15, -0.1) is 0 Å². The normalized spacial score (nSPS) is 11.4. The van der Waals surface area contributed by atoms with Crippen LogP contribution in [0.5, 0.6) is 23.1 Å². The lowest BCUT2D eigenvalue weighted by atomic mass is 10.1. The average Bonchev–Trinajstić information content (AvgIpc) is 2.82. The van der Waals surface area contributed by atoms with Crippen LogP contribution in [0.25, 0.3) is 21.8 Å². The predicted molar refractivity (Wildman–Crippen MR) is 118 cm³/mol. The zero-order chi connectivity index (χ0) is 25.3. The smallest absolute Gasteiger partial charge is 0.491 e. The third-order valence-electron chi connectivity index (χ3n) is 4.91. The number of anilines is 2. The number of benzene rings is 2. The number of aryl methyl sites for hydroxylation is 1. The number of aromatic nitrogens is 4. The van der Waals surface area contributed by atoms with Crippen LogP contribution in [-0.2, 0) is 4.79 Å². The summed E-state index contributed by atoms with van der Waals surface area (Å²) < 4.78 is 59.0. The van der Waals surface area contributed by atoms with Crippen molar-refractivity contribution in [3.63, 3.8) is 0 Å². The van der Waals surface area contributed by atoms with Gasteiger partial charge in [-0.05, 0) is 25.1 Å². The number of fused-ring (bicyclic) bond motifs is 2. The van der Waals surface area contributed by atoms with E-state index in [1.165, 1.54) is 33.5 Å². The molecule has 2 heterocycles. The summed E-state index contributed by atoms with van der Waals surface area (Å²) >= 11 is 0. The van der Waals surface area contributed by atoms with Crippen LogP contribution in [0.2, 0.25) is 0 Å². The molecule has 0 fully saturated rings. The monoisotopic (exact) mass is 489 g/mol. The van der Waals surface area contributed by atoms with Gasteiger partial charge < -0.3 is 18.9 Å². The van der Waals surface area contributed by atoms with Gasteiger partial charge in [0.2, 0.25) is 17.8 Å². The summed E-state index contributed by atoms with van der Waals surface area (Å²) in [7, 11) is 4.30. The molecule has 0 aliphatic rings. The SMILES string of the molecule is COc1cc2nc(Nc3nc(OC(=O)C(F)(F)F)c4c(OC)cccc4n3)nc(C)c2cc1OC. The number of hydrogen-bond donors (Lipinski definition) is 1. The number of nitrogens with zero attached hydrogens (tertiary/aromatic N) is 4. The van der Waals surface area contributed by atoms with Gasteiger partial charge in [0.05, 0.1) is 38.1 Å². The van der Waals surface area contributed by atoms with Crippen molar-refractivity contribution >= 4 is 39.7 Å². The lowest BCUT2D eigenvalue weighted by Gasteiger charge is -2.14. The van der Waals surface area contributed by atoms with Gasteiger partial charge in [0, 0.05) is 11.5 Å². The lowest BCUT2D eigenvalue weighted by Crippen LogP contribution is -2.28. The molecule has 4 aromatic rings. The number of carbonyl (C=O) groups excluding carboxylic acids is 1. The molecule has 4 rings (SSSR count). The molecule has 0 amide bonds. The van der Waals surface area contributed by atoms with E-state index in [-0.39, 0.29) is 28.5 Å². The van der Waals surface area contributed by atoms with Crippen molar-refractivity contribution in [2.24, 2.45) is 0 Å². The van der Waals surface area contributed by atoms with Gasteiger partial charge in [0.1, 0.15) is 11.1 Å². The van der Waals surface area contributed by atoms with Crippen LogP contribution in [0.1, 0.15) is 5.69 Å². The zero-order valence-corrected chi connectivity index (χ0v) is 18.9. The molecule has 182 valence electrons. The van der Waals surface area contributed by atoms with Crippen LogP contribution in [0.15, 0.2) is 30.3 Å². The van der Waals surface area contributed by atoms with Crippen molar-refractivity contribution in [1.82, 2.24) is 19.9 Å². The minimum atomic E-state index is -5.23. The van der Waals surface area contributed by atoms with Gasteiger partial charge in [0.15, 0.2) is 11.5 Å². The van der Waals surface area contributed by atoms with Crippen molar-refractivity contribution in [3.05, 3.63) is 36.0 Å². The minimum Gasteiger partial charge on any atom is -0.496 e. The van der Waals surface area contributed by atoms with Crippen molar-refractivity contribution < 1.29 is 36.9 Å². The first-order valence-electron chi connectivity index (χ1n) is 9.95. The highest BCUT2D eigenvalue weighted by Gasteiger charge is 2.42. The molecule has 0 spiro atoms. The summed E-state index contributed by atoms with van der Waals surface area (Å²) in [6.45, 7) is 1.74. The molecule has 35 heavy (non-hydrogen) atoms. The third-order valence-corrected chi connectivity index (χ3v) is 4.91. The van der Waals surface area contributed by atoms with Crippen LogP contribution in [0.4, 0.5) is 25.1 Å². The van der Waals surface area contributed by atoms with E-state index in [9.17, 15) is 18.0 Å². The van der Waals surface area contributed by atoms with Crippen molar-refractivity contribution in [2.45, 2.75) is 13.1 Å². The molecule has 0 bridgehead atoms. The Hall–Kier alpha value is -4.42. The van der Waals surface area contributed by atoms with E-state index in [4.69, 9.17) is 14.2 Å². The van der Waals surface area contributed by atoms with E-state index in [1.807, 2.05) is 0 Å². The minimum absolute atomic E-state index is 0.00871. The molecule has 0 saturated carbocycles. The van der Waals surface area contributed by atoms with Crippen LogP contribution >= 0.6 is 0 Å². The Morgan fingerprint density at radius 1 is 0.857 bits per heavy atom. The number of alkyl halides is 3. The highest BCUT2D eigenvalue weighted by Crippen LogP contribution is 2.35. The second kappa shape index (κ2) is 9.08. The highest BCUT2D eigenvalue weighted by molar-refractivity contribution is 5.93. The van der Waals surface area contributed by atoms with E-state index < -0.39 is 18.0 Å². The summed E-state index contributed by atoms with van der Waals surface area (Å²) in [5.41, 5.74) is 1.24. The molecule has 0 aliphatic heterocycles. The molecule has 2 aromatic carbocycles. The van der Waals surface area contributed by atoms with Gasteiger partial charge in [-0.1, -0.05) is 6.07 Å². The van der Waals surface area contributed by atoms with Crippen LogP contribution in [0, 0.1) is 6.92 Å². The number of methoxy groups -OCH3 is 3. The average molecular weight is 489 g/mol. The van der Waals surface area contributed by atoms with Gasteiger partial charge >= 0.3 is 12.1 Å². The fraction of sp³-hybridized carbons (Fsp3) is 0.227. The van der Waals surface area contributed by atoms with Crippen molar-refractivity contribution in [3.8, 4) is 23.1 Å². The number of nitrogens with one attached hydrogen (secondary N) is 1. The van der Waals surface area contributed by atoms with Crippen LogP contribution in [0.3, 0.4) is 0 Å². The molecular weight excluding hydrogens is 471 g/mol. The molecule has 10 nitrogen and oxygen atoms in total. The van der Waals surface area contributed by atoms with Crippen LogP contribution < -0.4 is 24.3 Å². The van der Waals surface area contributed by atoms with Gasteiger partial charge in [-0.2, -0.15) is 18.2 Å². The summed E-state index contributed by atoms with van der Waals surface area (Å²) in [6, 6.07) is 7.92. The molecule has 1 N–H and O–H groups in total. The largest absolute Gasteiger partial charge is 0.496 e. The van der Waals surface area contributed by atoms with Crippen LogP contribution in [-0.4, -0.2) is 53.4 Å². The number of carbonyl (C=O) groups is 1. The van der Waals surface area contributed by atoms with Crippen molar-refractivity contribution in [1.29, 1.82) is 0 Å². The number of halogens is 3. The molecule has 0 radical (unpaired) electrons. The second-order valence-electron chi connectivity index (χ2n) is 7.08. The molecule has 0 unspecified atom stereocenters. The van der Waals surface area contributed by atoms with E-state index >= 15 is 0 Å². The Morgan fingerprint density at radius 2 is 1.49 bits per heavy atom. The molecular formula is C22H18F3N5O5. The first-order chi connectivity index (χ1) is 16.6. The maximum atomic E-state index is 12.9. The highest BCUT2D eigenvalue weighted by atomic mass is 19.4. The molecule has 2 aromatic heterocycles. The summed E-state index contributed by atoms with van der Waals surface area (Å²) in [5, 5.41) is 3.44. The fourth-order valence-corrected chi connectivity index (χ4v) is 3.33. The number of ether oxygens (including phenoxy) is 4. The Morgan fingerprint density at radius 3 is 2.14 bits per heavy atom. The Kier molecular flexibility index (Phi) is 6.16. The third kappa shape index (κ3) is 4.65. The quantitative estimate of drug-likeness (QED) is 0.396. The zero-order valence-electron chi connectivity index (χ0n) is 18.9. The first-order valence-corrected chi connectivity index (χ1v) is 9.95. The Balaban J connectivity index is 1.81. The fourth-order valence-electron chi connectivity index (χ4n) is 3.33. The molecule has 13 heteroatoms. The maximum Gasteiger partial charge on any atom is 0.491 e. The van der Waals surface area contributed by atoms with Gasteiger partial charge in [-0.25, -0.2) is 19.7 Å². The Bertz CT molecular complexity index is 1450. The van der Waals surface area contributed by atoms with Gasteiger partial charge in [0.25, 0.3) is 0 Å². The summed E-state index contributed by atoms with van der Waals surface area (Å²) in [5.74, 6) is -2.16. The van der Waals surface area contributed by atoms with E-state index in [1.54, 1.807) is 25.1 Å². The van der Waals surface area contributed by atoms with Gasteiger partial charge in [-0.3, -0.25) is 5.32 Å². The topological polar surface area (TPSA) is 118 Å². The molecule has 0 saturated heterocycles. The second-order valence-corrected chi connectivity index (χ2v) is 7.08. The number of rotatable bonds is 6. The summed E-state index contributed by atoms with van der Waals surface area (Å²) in [6.07, 6.45) is -5.23. The summed E-state index contributed by atoms with van der Waals surface area (Å²) in [4.78, 5) is 28.5. The standard InChI is InChI=1S/C22H18F3N5O5/c1-10-11-8-15(33-3)16(34-4)9-13(11)28-20(26-10)30-21-27-12-6-5-7-14(32-2)17(12)18(29-21)35-19(31)22(23,24)25/h5-9H,1-4H3,(H,26,27,28,29,30). The van der Waals surface area contributed by atoms with E-state index in [0.29, 0.717) is 28.1 Å². The molecule has 0 aliphatic carbocycles. The lowest BCUT2D eigenvalue weighted by molar-refractivity contribution is -0.189. The first kappa shape index (κ1) is 23.7. The number of esters is 1.